The average Bonchev–Trinajstić information content (AvgIpc) is 2.38. The zero-order valence-electron chi connectivity index (χ0n) is 10.2. The summed E-state index contributed by atoms with van der Waals surface area (Å²) < 4.78 is 14.2. The normalized spacial score (nSPS) is 10.5. The molecular formula is C15H11BrClFO. The number of hydrogen-bond acceptors (Lipinski definition) is 1. The SMILES string of the molecule is Cc1ccc(C(=O)Cc2cccc(F)c2Cl)cc1Br. The fourth-order valence-corrected chi connectivity index (χ4v) is 2.30. The van der Waals surface area contributed by atoms with Crippen molar-refractivity contribution in [3.63, 3.8) is 0 Å². The summed E-state index contributed by atoms with van der Waals surface area (Å²) >= 11 is 9.23. The van der Waals surface area contributed by atoms with Crippen LogP contribution in [0.1, 0.15) is 21.5 Å². The molecule has 0 spiro atoms. The molecule has 19 heavy (non-hydrogen) atoms. The first-order valence-corrected chi connectivity index (χ1v) is 6.88. The monoisotopic (exact) mass is 340 g/mol. The maximum Gasteiger partial charge on any atom is 0.167 e. The standard InChI is InChI=1S/C15H11BrClFO/c1-9-5-6-10(7-12(9)16)14(19)8-11-3-2-4-13(18)15(11)17/h2-7H,8H2,1H3. The van der Waals surface area contributed by atoms with Gasteiger partial charge in [-0.1, -0.05) is 51.8 Å². The van der Waals surface area contributed by atoms with E-state index in [0.717, 1.165) is 10.0 Å². The number of carbonyl (C=O) groups is 1. The van der Waals surface area contributed by atoms with E-state index in [4.69, 9.17) is 11.6 Å². The molecule has 4 heteroatoms. The van der Waals surface area contributed by atoms with Gasteiger partial charge in [-0.05, 0) is 30.2 Å². The van der Waals surface area contributed by atoms with Crippen molar-refractivity contribution in [2.45, 2.75) is 13.3 Å². The zero-order valence-corrected chi connectivity index (χ0v) is 12.6. The van der Waals surface area contributed by atoms with Crippen molar-refractivity contribution in [2.75, 3.05) is 0 Å². The summed E-state index contributed by atoms with van der Waals surface area (Å²) in [6, 6.07) is 9.88. The third kappa shape index (κ3) is 3.23. The van der Waals surface area contributed by atoms with E-state index in [1.54, 1.807) is 24.3 Å². The fraction of sp³-hybridized carbons (Fsp3) is 0.133. The van der Waals surface area contributed by atoms with E-state index in [0.29, 0.717) is 11.1 Å². The van der Waals surface area contributed by atoms with E-state index in [2.05, 4.69) is 15.9 Å². The molecule has 0 aliphatic rings. The smallest absolute Gasteiger partial charge is 0.167 e. The topological polar surface area (TPSA) is 17.1 Å². The summed E-state index contributed by atoms with van der Waals surface area (Å²) in [5.41, 5.74) is 2.14. The molecule has 0 aliphatic heterocycles. The maximum atomic E-state index is 13.3. The van der Waals surface area contributed by atoms with Crippen LogP contribution < -0.4 is 0 Å². The van der Waals surface area contributed by atoms with Crippen molar-refractivity contribution in [3.05, 3.63) is 68.4 Å². The van der Waals surface area contributed by atoms with Gasteiger partial charge in [-0.2, -0.15) is 0 Å². The van der Waals surface area contributed by atoms with Crippen LogP contribution in [-0.4, -0.2) is 5.78 Å². The number of hydrogen-bond donors (Lipinski definition) is 0. The van der Waals surface area contributed by atoms with Crippen molar-refractivity contribution >= 4 is 33.3 Å². The van der Waals surface area contributed by atoms with Crippen LogP contribution in [0.3, 0.4) is 0 Å². The van der Waals surface area contributed by atoms with Gasteiger partial charge in [-0.15, -0.1) is 0 Å². The van der Waals surface area contributed by atoms with Crippen LogP contribution in [0, 0.1) is 12.7 Å². The highest BCUT2D eigenvalue weighted by molar-refractivity contribution is 9.10. The van der Waals surface area contributed by atoms with Crippen LogP contribution in [-0.2, 0) is 6.42 Å². The first-order chi connectivity index (χ1) is 8.99. The molecule has 0 unspecified atom stereocenters. The van der Waals surface area contributed by atoms with Crippen LogP contribution in [0.2, 0.25) is 5.02 Å². The second kappa shape index (κ2) is 5.85. The van der Waals surface area contributed by atoms with Crippen LogP contribution in [0.5, 0.6) is 0 Å². The maximum absolute atomic E-state index is 13.3. The average molecular weight is 342 g/mol. The van der Waals surface area contributed by atoms with Gasteiger partial charge in [0.05, 0.1) is 5.02 Å². The predicted octanol–water partition coefficient (Wildman–Crippen LogP) is 4.98. The molecular weight excluding hydrogens is 331 g/mol. The van der Waals surface area contributed by atoms with Crippen molar-refractivity contribution in [2.24, 2.45) is 0 Å². The lowest BCUT2D eigenvalue weighted by Crippen LogP contribution is -2.05. The Bertz CT molecular complexity index is 640. The number of rotatable bonds is 3. The van der Waals surface area contributed by atoms with Crippen LogP contribution in [0.25, 0.3) is 0 Å². The molecule has 2 aromatic rings. The van der Waals surface area contributed by atoms with E-state index in [1.165, 1.54) is 6.07 Å². The molecule has 0 saturated heterocycles. The number of carbonyl (C=O) groups excluding carboxylic acids is 1. The molecule has 2 rings (SSSR count). The summed E-state index contributed by atoms with van der Waals surface area (Å²) in [5, 5.41) is 0.0158. The molecule has 0 saturated carbocycles. The van der Waals surface area contributed by atoms with Crippen molar-refractivity contribution in [1.82, 2.24) is 0 Å². The molecule has 1 nitrogen and oxygen atoms in total. The highest BCUT2D eigenvalue weighted by Gasteiger charge is 2.12. The summed E-state index contributed by atoms with van der Waals surface area (Å²) in [5.74, 6) is -0.592. The minimum atomic E-state index is -0.503. The first kappa shape index (κ1) is 14.2. The van der Waals surface area contributed by atoms with Crippen LogP contribution in [0.4, 0.5) is 4.39 Å². The molecule has 0 aliphatic carbocycles. The minimum absolute atomic E-state index is 0.0158. The molecule has 0 heterocycles. The van der Waals surface area contributed by atoms with Gasteiger partial charge in [0, 0.05) is 16.5 Å². The molecule has 0 radical (unpaired) electrons. The van der Waals surface area contributed by atoms with Gasteiger partial charge in [0.15, 0.2) is 5.78 Å². The third-order valence-electron chi connectivity index (χ3n) is 2.88. The van der Waals surface area contributed by atoms with E-state index < -0.39 is 5.82 Å². The van der Waals surface area contributed by atoms with Gasteiger partial charge in [0.1, 0.15) is 5.82 Å². The van der Waals surface area contributed by atoms with E-state index >= 15 is 0 Å². The Hall–Kier alpha value is -1.19. The first-order valence-electron chi connectivity index (χ1n) is 5.71. The molecule has 0 amide bonds. The van der Waals surface area contributed by atoms with Gasteiger partial charge in [-0.25, -0.2) is 4.39 Å². The van der Waals surface area contributed by atoms with E-state index in [-0.39, 0.29) is 17.2 Å². The summed E-state index contributed by atoms with van der Waals surface area (Å²) in [4.78, 5) is 12.1. The predicted molar refractivity (Wildman–Crippen MR) is 78.3 cm³/mol. The second-order valence-electron chi connectivity index (χ2n) is 4.28. The molecule has 0 bridgehead atoms. The largest absolute Gasteiger partial charge is 0.294 e. The highest BCUT2D eigenvalue weighted by Crippen LogP contribution is 2.23. The fourth-order valence-electron chi connectivity index (χ4n) is 1.73. The lowest BCUT2D eigenvalue weighted by Gasteiger charge is -2.06. The highest BCUT2D eigenvalue weighted by atomic mass is 79.9. The van der Waals surface area contributed by atoms with Gasteiger partial charge in [0.25, 0.3) is 0 Å². The Kier molecular flexibility index (Phi) is 4.38. The second-order valence-corrected chi connectivity index (χ2v) is 5.51. The third-order valence-corrected chi connectivity index (χ3v) is 4.15. The Morgan fingerprint density at radius 1 is 1.32 bits per heavy atom. The molecule has 2 aromatic carbocycles. The van der Waals surface area contributed by atoms with Gasteiger partial charge < -0.3 is 0 Å². The molecule has 98 valence electrons. The quantitative estimate of drug-likeness (QED) is 0.720. The molecule has 0 fully saturated rings. The number of ketones is 1. The van der Waals surface area contributed by atoms with E-state index in [9.17, 15) is 9.18 Å². The Labute approximate surface area is 124 Å². The Balaban J connectivity index is 2.26. The van der Waals surface area contributed by atoms with Crippen molar-refractivity contribution < 1.29 is 9.18 Å². The summed E-state index contributed by atoms with van der Waals surface area (Å²) in [7, 11) is 0. The molecule has 0 atom stereocenters. The summed E-state index contributed by atoms with van der Waals surface area (Å²) in [6.07, 6.45) is 0.0894. The van der Waals surface area contributed by atoms with Gasteiger partial charge in [0.2, 0.25) is 0 Å². The lowest BCUT2D eigenvalue weighted by atomic mass is 10.0. The Morgan fingerprint density at radius 2 is 2.05 bits per heavy atom. The number of benzene rings is 2. The van der Waals surface area contributed by atoms with Crippen molar-refractivity contribution in [3.8, 4) is 0 Å². The Morgan fingerprint density at radius 3 is 2.74 bits per heavy atom. The molecule has 0 N–H and O–H groups in total. The number of halogens is 3. The molecule has 0 aromatic heterocycles. The lowest BCUT2D eigenvalue weighted by molar-refractivity contribution is 0.0993. The summed E-state index contributed by atoms with van der Waals surface area (Å²) in [6.45, 7) is 1.95. The number of Topliss-reactive ketones (excluding diaryl/α,β-unsaturated/α-hetero) is 1. The number of aryl methyl sites for hydroxylation is 1. The minimum Gasteiger partial charge on any atom is -0.294 e. The van der Waals surface area contributed by atoms with E-state index in [1.807, 2.05) is 13.0 Å². The van der Waals surface area contributed by atoms with Crippen LogP contribution in [0.15, 0.2) is 40.9 Å². The zero-order chi connectivity index (χ0) is 14.0. The van der Waals surface area contributed by atoms with Gasteiger partial charge in [-0.3, -0.25) is 4.79 Å². The van der Waals surface area contributed by atoms with Crippen molar-refractivity contribution in [1.29, 1.82) is 0 Å². The van der Waals surface area contributed by atoms with Crippen LogP contribution >= 0.6 is 27.5 Å². The van der Waals surface area contributed by atoms with Gasteiger partial charge >= 0.3 is 0 Å².